The van der Waals surface area contributed by atoms with Gasteiger partial charge in [0.2, 0.25) is 5.72 Å². The summed E-state index contributed by atoms with van der Waals surface area (Å²) in [5, 5.41) is 4.71. The first-order valence-corrected chi connectivity index (χ1v) is 13.2. The molecular formula is C34H31N3O. The van der Waals surface area contributed by atoms with Crippen molar-refractivity contribution in [3.63, 3.8) is 0 Å². The summed E-state index contributed by atoms with van der Waals surface area (Å²) >= 11 is 0. The van der Waals surface area contributed by atoms with Crippen molar-refractivity contribution >= 4 is 44.8 Å². The summed E-state index contributed by atoms with van der Waals surface area (Å²) in [5.41, 5.74) is 5.88. The van der Waals surface area contributed by atoms with E-state index in [0.29, 0.717) is 0 Å². The third-order valence-electron chi connectivity index (χ3n) is 8.62. The fourth-order valence-electron chi connectivity index (χ4n) is 6.54. The summed E-state index contributed by atoms with van der Waals surface area (Å²) in [6.45, 7) is 4.50. The average molecular weight is 498 g/mol. The molecule has 0 radical (unpaired) electrons. The van der Waals surface area contributed by atoms with Gasteiger partial charge in [0.05, 0.1) is 11.6 Å². The zero-order chi connectivity index (χ0) is 26.2. The van der Waals surface area contributed by atoms with Crippen molar-refractivity contribution in [2.75, 3.05) is 30.9 Å². The van der Waals surface area contributed by atoms with Gasteiger partial charge < -0.3 is 14.5 Å². The normalized spacial score (nSPS) is 19.0. The lowest BCUT2D eigenvalue weighted by Gasteiger charge is -2.45. The predicted octanol–water partition coefficient (Wildman–Crippen LogP) is 7.94. The number of nitrogens with zero attached hydrogens (tertiary/aromatic N) is 3. The van der Waals surface area contributed by atoms with Crippen molar-refractivity contribution in [3.8, 4) is 16.9 Å². The van der Waals surface area contributed by atoms with Crippen LogP contribution in [0.15, 0.2) is 96.0 Å². The second-order valence-electron chi connectivity index (χ2n) is 11.1. The molecule has 188 valence electrons. The molecule has 0 amide bonds. The lowest BCUT2D eigenvalue weighted by Crippen LogP contribution is -2.61. The Bertz CT molecular complexity index is 1780. The van der Waals surface area contributed by atoms with Crippen molar-refractivity contribution in [2.24, 2.45) is 4.99 Å². The predicted molar refractivity (Wildman–Crippen MR) is 161 cm³/mol. The number of likely N-dealkylation sites (N-methyl/N-ethyl adjacent to an activating group) is 1. The standard InChI is InChI=1S/C34H31N3O/c1-33(2)28-16-10-11-17-31(28)37(5)34(33)21-35-29-20-27(23-13-7-9-15-26(23)32(29)38-34)24-18-19-30(36(3)4)25-14-8-6-12-22(24)25/h6-21H,1-5H3. The molecule has 7 rings (SSSR count). The van der Waals surface area contributed by atoms with Gasteiger partial charge in [-0.1, -0.05) is 72.8 Å². The molecule has 1 unspecified atom stereocenters. The van der Waals surface area contributed by atoms with E-state index in [9.17, 15) is 0 Å². The Morgan fingerprint density at radius 2 is 1.37 bits per heavy atom. The highest BCUT2D eigenvalue weighted by Gasteiger charge is 2.58. The van der Waals surface area contributed by atoms with Crippen LogP contribution in [-0.2, 0) is 5.41 Å². The topological polar surface area (TPSA) is 28.1 Å². The van der Waals surface area contributed by atoms with Crippen LogP contribution in [0.25, 0.3) is 32.7 Å². The molecule has 0 saturated heterocycles. The maximum Gasteiger partial charge on any atom is 0.228 e. The molecular weight excluding hydrogens is 466 g/mol. The van der Waals surface area contributed by atoms with Crippen molar-refractivity contribution < 1.29 is 4.74 Å². The Hall–Kier alpha value is -4.31. The Labute approximate surface area is 223 Å². The van der Waals surface area contributed by atoms with Crippen LogP contribution in [0, 0.1) is 0 Å². The summed E-state index contributed by atoms with van der Waals surface area (Å²) in [7, 11) is 6.30. The first kappa shape index (κ1) is 22.9. The largest absolute Gasteiger partial charge is 0.459 e. The van der Waals surface area contributed by atoms with Crippen LogP contribution in [0.1, 0.15) is 19.4 Å². The van der Waals surface area contributed by atoms with Gasteiger partial charge >= 0.3 is 0 Å². The number of hydrogen-bond donors (Lipinski definition) is 0. The molecule has 1 spiro atoms. The maximum absolute atomic E-state index is 7.10. The van der Waals surface area contributed by atoms with Gasteiger partial charge in [0.25, 0.3) is 0 Å². The SMILES string of the molecule is CN(C)c1ccc(-c2cc3c(c4ccccc24)OC2(C=N3)N(C)c3ccccc3C2(C)C)c2ccccc12. The third kappa shape index (κ3) is 2.89. The van der Waals surface area contributed by atoms with Crippen LogP contribution in [-0.4, -0.2) is 33.1 Å². The van der Waals surface area contributed by atoms with Crippen molar-refractivity contribution in [1.82, 2.24) is 0 Å². The zero-order valence-electron chi connectivity index (χ0n) is 22.5. The fraction of sp³-hybridized carbons (Fsp3) is 0.206. The average Bonchev–Trinajstić information content (AvgIpc) is 3.10. The first-order chi connectivity index (χ1) is 18.3. The Morgan fingerprint density at radius 1 is 0.737 bits per heavy atom. The van der Waals surface area contributed by atoms with E-state index in [0.717, 1.165) is 22.2 Å². The molecule has 2 aliphatic rings. The van der Waals surface area contributed by atoms with Gasteiger partial charge in [0.1, 0.15) is 5.69 Å². The van der Waals surface area contributed by atoms with Gasteiger partial charge in [-0.15, -0.1) is 0 Å². The highest BCUT2D eigenvalue weighted by Crippen LogP contribution is 2.55. The van der Waals surface area contributed by atoms with Crippen LogP contribution >= 0.6 is 0 Å². The van der Waals surface area contributed by atoms with Gasteiger partial charge in [-0.3, -0.25) is 4.99 Å². The number of benzene rings is 5. The number of rotatable bonds is 2. The minimum atomic E-state index is -0.714. The summed E-state index contributed by atoms with van der Waals surface area (Å²) in [5.74, 6) is 0.841. The van der Waals surface area contributed by atoms with E-state index in [4.69, 9.17) is 9.73 Å². The number of fused-ring (bicyclic) bond motifs is 5. The van der Waals surface area contributed by atoms with Crippen molar-refractivity contribution in [1.29, 1.82) is 0 Å². The molecule has 0 aromatic heterocycles. The van der Waals surface area contributed by atoms with E-state index in [1.165, 1.54) is 38.8 Å². The van der Waals surface area contributed by atoms with Crippen LogP contribution < -0.4 is 14.5 Å². The number of aliphatic imine (C=N–C) groups is 1. The molecule has 38 heavy (non-hydrogen) atoms. The summed E-state index contributed by atoms with van der Waals surface area (Å²) in [6, 6.07) is 32.4. The molecule has 5 aromatic rings. The maximum atomic E-state index is 7.10. The van der Waals surface area contributed by atoms with Gasteiger partial charge in [0, 0.05) is 43.3 Å². The Morgan fingerprint density at radius 3 is 2.08 bits per heavy atom. The van der Waals surface area contributed by atoms with Crippen molar-refractivity contribution in [2.45, 2.75) is 25.0 Å². The van der Waals surface area contributed by atoms with E-state index in [1.54, 1.807) is 0 Å². The summed E-state index contributed by atoms with van der Waals surface area (Å²) in [4.78, 5) is 9.53. The highest BCUT2D eigenvalue weighted by atomic mass is 16.5. The number of hydrogen-bond acceptors (Lipinski definition) is 4. The Balaban J connectivity index is 1.46. The molecule has 0 bridgehead atoms. The lowest BCUT2D eigenvalue weighted by molar-refractivity contribution is 0.0842. The Kier molecular flexibility index (Phi) is 4.72. The van der Waals surface area contributed by atoms with E-state index < -0.39 is 5.72 Å². The van der Waals surface area contributed by atoms with Crippen LogP contribution in [0.3, 0.4) is 0 Å². The fourth-order valence-corrected chi connectivity index (χ4v) is 6.54. The van der Waals surface area contributed by atoms with E-state index >= 15 is 0 Å². The molecule has 5 aromatic carbocycles. The smallest absolute Gasteiger partial charge is 0.228 e. The van der Waals surface area contributed by atoms with Crippen LogP contribution in [0.2, 0.25) is 0 Å². The lowest BCUT2D eigenvalue weighted by atomic mass is 9.77. The van der Waals surface area contributed by atoms with Crippen LogP contribution in [0.5, 0.6) is 5.75 Å². The van der Waals surface area contributed by atoms with Gasteiger partial charge in [-0.25, -0.2) is 0 Å². The molecule has 0 fully saturated rings. The van der Waals surface area contributed by atoms with Crippen LogP contribution in [0.4, 0.5) is 17.1 Å². The summed E-state index contributed by atoms with van der Waals surface area (Å²) < 4.78 is 7.10. The third-order valence-corrected chi connectivity index (χ3v) is 8.62. The first-order valence-electron chi connectivity index (χ1n) is 13.2. The zero-order valence-corrected chi connectivity index (χ0v) is 22.5. The minimum Gasteiger partial charge on any atom is -0.459 e. The van der Waals surface area contributed by atoms with Crippen molar-refractivity contribution in [3.05, 3.63) is 96.6 Å². The molecule has 2 heterocycles. The minimum absolute atomic E-state index is 0.294. The van der Waals surface area contributed by atoms with Gasteiger partial charge in [-0.2, -0.15) is 0 Å². The van der Waals surface area contributed by atoms with E-state index in [1.807, 2.05) is 6.21 Å². The second kappa shape index (κ2) is 7.84. The molecule has 0 aliphatic carbocycles. The van der Waals surface area contributed by atoms with Gasteiger partial charge in [-0.05, 0) is 59.5 Å². The second-order valence-corrected chi connectivity index (χ2v) is 11.1. The molecule has 4 nitrogen and oxygen atoms in total. The highest BCUT2D eigenvalue weighted by molar-refractivity contribution is 6.12. The summed E-state index contributed by atoms with van der Waals surface area (Å²) in [6.07, 6.45) is 2.02. The van der Waals surface area contributed by atoms with E-state index in [-0.39, 0.29) is 5.41 Å². The molecule has 2 aliphatic heterocycles. The molecule has 1 atom stereocenters. The monoisotopic (exact) mass is 497 g/mol. The molecule has 0 N–H and O–H groups in total. The number of para-hydroxylation sites is 1. The number of ether oxygens (including phenoxy) is 1. The molecule has 0 saturated carbocycles. The molecule has 4 heteroatoms. The quantitative estimate of drug-likeness (QED) is 0.248. The van der Waals surface area contributed by atoms with E-state index in [2.05, 4.69) is 136 Å². The van der Waals surface area contributed by atoms with Gasteiger partial charge in [0.15, 0.2) is 5.75 Å². The number of anilines is 2.